The molecule has 0 heterocycles. The Morgan fingerprint density at radius 2 is 1.12 bits per heavy atom. The van der Waals surface area contributed by atoms with Gasteiger partial charge in [0.05, 0.1) is 76.4 Å². The molecule has 0 aromatic rings. The highest BCUT2D eigenvalue weighted by atomic mass is 32.1. The molecule has 2 atom stereocenters. The lowest BCUT2D eigenvalue weighted by molar-refractivity contribution is -0.130. The molecule has 336 valence electrons. The van der Waals surface area contributed by atoms with Gasteiger partial charge in [0.25, 0.3) is 0 Å². The van der Waals surface area contributed by atoms with Crippen molar-refractivity contribution in [2.45, 2.75) is 137 Å². The number of nitrogens with one attached hydrogen (secondary N) is 7. The van der Waals surface area contributed by atoms with Gasteiger partial charge in [-0.25, -0.2) is 0 Å². The van der Waals surface area contributed by atoms with Crippen molar-refractivity contribution in [2.75, 3.05) is 86.4 Å². The standard InChI is InChI=1S/C33H65N7O9S.C6H14O/c1-10-36-26(41)12-15-45-20-33(40-29(44)19-37-30(50)34-9,21-46-16-13-27(42)38-23-35-24-49-32(6,7)8)22-47-17-14-28(43)39-25(2)11-18-48-31(3,4)5;1-5-7-6(2,3)4/h25,35H,10-24H2,1-9H3,(H,36,41)(H,38,42)(H,39,43)(H,40,44)(H2,34,37,50);5H2,1-4H3. The third-order valence-electron chi connectivity index (χ3n) is 7.06. The Morgan fingerprint density at radius 1 is 0.632 bits per heavy atom. The first-order valence-electron chi connectivity index (χ1n) is 19.9. The number of thiocarbonyl (C=S) groups is 1. The first kappa shape index (κ1) is 56.4. The molecular formula is C39H79N7O10S. The van der Waals surface area contributed by atoms with Gasteiger partial charge in [0.15, 0.2) is 5.11 Å². The summed E-state index contributed by atoms with van der Waals surface area (Å²) in [7, 11) is 1.63. The number of hydrogen-bond donors (Lipinski definition) is 7. The van der Waals surface area contributed by atoms with E-state index >= 15 is 0 Å². The SMILES string of the molecule is CCNC(=O)CCOCC(COCCC(=O)NCNCOC(C)(C)C)(COCCC(=O)NC(C)CCOC(C)(C)C)NC(=O)CNC(=S)NC.CCOC(C)(C)C. The van der Waals surface area contributed by atoms with E-state index < -0.39 is 11.4 Å². The molecule has 0 spiro atoms. The third kappa shape index (κ3) is 38.6. The van der Waals surface area contributed by atoms with Gasteiger partial charge in [-0.2, -0.15) is 0 Å². The van der Waals surface area contributed by atoms with E-state index in [0.29, 0.717) is 19.6 Å². The van der Waals surface area contributed by atoms with E-state index in [1.807, 2.05) is 62.3 Å². The van der Waals surface area contributed by atoms with E-state index in [1.54, 1.807) is 7.05 Å². The van der Waals surface area contributed by atoms with Crippen LogP contribution in [0.5, 0.6) is 0 Å². The second kappa shape index (κ2) is 31.2. The summed E-state index contributed by atoms with van der Waals surface area (Å²) in [5.41, 5.74) is -1.73. The minimum absolute atomic E-state index is 0.0438. The van der Waals surface area contributed by atoms with E-state index in [4.69, 9.17) is 40.6 Å². The first-order chi connectivity index (χ1) is 26.5. The largest absolute Gasteiger partial charge is 0.378 e. The summed E-state index contributed by atoms with van der Waals surface area (Å²) in [6, 6.07) is -0.0871. The first-order valence-corrected chi connectivity index (χ1v) is 20.3. The van der Waals surface area contributed by atoms with Crippen molar-refractivity contribution < 1.29 is 47.6 Å². The van der Waals surface area contributed by atoms with Crippen LogP contribution in [0.25, 0.3) is 0 Å². The molecule has 7 N–H and O–H groups in total. The summed E-state index contributed by atoms with van der Waals surface area (Å²) < 4.78 is 34.2. The highest BCUT2D eigenvalue weighted by Gasteiger charge is 2.34. The van der Waals surface area contributed by atoms with Crippen LogP contribution in [0.4, 0.5) is 0 Å². The summed E-state index contributed by atoms with van der Waals surface area (Å²) >= 11 is 5.09. The topological polar surface area (TPSA) is 208 Å². The van der Waals surface area contributed by atoms with E-state index in [1.165, 1.54) is 0 Å². The molecule has 0 fully saturated rings. The molecular weight excluding hydrogens is 759 g/mol. The summed E-state index contributed by atoms with van der Waals surface area (Å²) in [4.78, 5) is 50.0. The maximum atomic E-state index is 13.0. The lowest BCUT2D eigenvalue weighted by Gasteiger charge is -2.34. The highest BCUT2D eigenvalue weighted by Crippen LogP contribution is 2.12. The van der Waals surface area contributed by atoms with Crippen LogP contribution in [0.15, 0.2) is 0 Å². The number of carbonyl (C=O) groups excluding carboxylic acids is 4. The Morgan fingerprint density at radius 3 is 1.56 bits per heavy atom. The van der Waals surface area contributed by atoms with Gasteiger partial charge < -0.3 is 60.3 Å². The quantitative estimate of drug-likeness (QED) is 0.0343. The van der Waals surface area contributed by atoms with Crippen LogP contribution in [-0.2, 0) is 47.6 Å². The minimum atomic E-state index is -1.22. The Bertz CT molecular complexity index is 1130. The minimum Gasteiger partial charge on any atom is -0.378 e. The Hall–Kier alpha value is -2.71. The van der Waals surface area contributed by atoms with Crippen molar-refractivity contribution >= 4 is 41.0 Å². The molecule has 0 aliphatic rings. The molecule has 57 heavy (non-hydrogen) atoms. The van der Waals surface area contributed by atoms with Crippen LogP contribution >= 0.6 is 12.2 Å². The van der Waals surface area contributed by atoms with E-state index in [9.17, 15) is 19.2 Å². The van der Waals surface area contributed by atoms with E-state index in [2.05, 4.69) is 58.0 Å². The average molecular weight is 838 g/mol. The lowest BCUT2D eigenvalue weighted by atomic mass is 10.0. The van der Waals surface area contributed by atoms with Crippen molar-refractivity contribution in [3.8, 4) is 0 Å². The summed E-state index contributed by atoms with van der Waals surface area (Å²) in [6.45, 7) is 25.8. The second-order valence-electron chi connectivity index (χ2n) is 16.3. The van der Waals surface area contributed by atoms with Crippen molar-refractivity contribution in [2.24, 2.45) is 0 Å². The molecule has 0 saturated heterocycles. The third-order valence-corrected chi connectivity index (χ3v) is 7.41. The highest BCUT2D eigenvalue weighted by molar-refractivity contribution is 7.80. The molecule has 0 rings (SSSR count). The Kier molecular flexibility index (Phi) is 30.9. The van der Waals surface area contributed by atoms with Gasteiger partial charge in [-0.3, -0.25) is 24.5 Å². The van der Waals surface area contributed by atoms with Crippen LogP contribution < -0.4 is 37.2 Å². The van der Waals surface area contributed by atoms with Crippen molar-refractivity contribution in [3.63, 3.8) is 0 Å². The van der Waals surface area contributed by atoms with Crippen molar-refractivity contribution in [3.05, 3.63) is 0 Å². The molecule has 0 radical (unpaired) electrons. The number of hydrogen-bond acceptors (Lipinski definition) is 12. The number of amides is 4. The van der Waals surface area contributed by atoms with Crippen LogP contribution in [-0.4, -0.2) is 144 Å². The summed E-state index contributed by atoms with van der Waals surface area (Å²) in [5.74, 6) is -1.03. The van der Waals surface area contributed by atoms with Crippen LogP contribution in [0.2, 0.25) is 0 Å². The van der Waals surface area contributed by atoms with Gasteiger partial charge in [0, 0.05) is 52.1 Å². The molecule has 18 heteroatoms. The van der Waals surface area contributed by atoms with Gasteiger partial charge in [-0.1, -0.05) is 0 Å². The van der Waals surface area contributed by atoms with Crippen LogP contribution in [0, 0.1) is 0 Å². The van der Waals surface area contributed by atoms with Gasteiger partial charge in [0.2, 0.25) is 23.6 Å². The molecule has 0 aliphatic heterocycles. The zero-order valence-electron chi connectivity index (χ0n) is 37.4. The van der Waals surface area contributed by atoms with Gasteiger partial charge in [-0.05, 0) is 102 Å². The monoisotopic (exact) mass is 838 g/mol. The zero-order valence-corrected chi connectivity index (χ0v) is 38.2. The lowest BCUT2D eigenvalue weighted by Crippen LogP contribution is -2.60. The van der Waals surface area contributed by atoms with Crippen molar-refractivity contribution in [1.82, 2.24) is 37.2 Å². The normalized spacial score (nSPS) is 13.3. The van der Waals surface area contributed by atoms with E-state index in [0.717, 1.165) is 6.61 Å². The maximum absolute atomic E-state index is 13.0. The summed E-state index contributed by atoms with van der Waals surface area (Å²) in [6.07, 6.45) is 0.920. The molecule has 4 amide bonds. The Balaban J connectivity index is 0. The molecule has 0 aromatic heterocycles. The van der Waals surface area contributed by atoms with Crippen LogP contribution in [0.1, 0.15) is 109 Å². The number of ether oxygens (including phenoxy) is 6. The zero-order chi connectivity index (χ0) is 44.0. The summed E-state index contributed by atoms with van der Waals surface area (Å²) in [5, 5.41) is 20.1. The molecule has 17 nitrogen and oxygen atoms in total. The smallest absolute Gasteiger partial charge is 0.240 e. The molecule has 0 bridgehead atoms. The fourth-order valence-electron chi connectivity index (χ4n) is 4.37. The number of carbonyl (C=O) groups is 4. The van der Waals surface area contributed by atoms with Gasteiger partial charge >= 0.3 is 0 Å². The van der Waals surface area contributed by atoms with Crippen molar-refractivity contribution in [1.29, 1.82) is 0 Å². The van der Waals surface area contributed by atoms with Gasteiger partial charge in [0.1, 0.15) is 5.54 Å². The predicted octanol–water partition coefficient (Wildman–Crippen LogP) is 2.26. The Labute approximate surface area is 348 Å². The maximum Gasteiger partial charge on any atom is 0.240 e. The van der Waals surface area contributed by atoms with Crippen LogP contribution in [0.3, 0.4) is 0 Å². The van der Waals surface area contributed by atoms with Gasteiger partial charge in [-0.15, -0.1) is 0 Å². The molecule has 0 aromatic carbocycles. The fourth-order valence-corrected chi connectivity index (χ4v) is 4.44. The molecule has 2 unspecified atom stereocenters. The average Bonchev–Trinajstić information content (AvgIpc) is 3.08. The predicted molar refractivity (Wildman–Crippen MR) is 227 cm³/mol. The molecule has 0 saturated carbocycles. The fraction of sp³-hybridized carbons (Fsp3) is 0.872. The second-order valence-corrected chi connectivity index (χ2v) is 16.7. The number of rotatable bonds is 28. The van der Waals surface area contributed by atoms with E-state index in [-0.39, 0.29) is 125 Å². The molecule has 0 aliphatic carbocycles.